The first kappa shape index (κ1) is 21.2. The molecule has 27 heavy (non-hydrogen) atoms. The maximum absolute atomic E-state index is 12.9. The average Bonchev–Trinajstić information content (AvgIpc) is 2.68. The van der Waals surface area contributed by atoms with Crippen LogP contribution >= 0.6 is 11.8 Å². The molecule has 5 heteroatoms. The fourth-order valence-electron chi connectivity index (χ4n) is 3.12. The molecule has 0 fully saturated rings. The van der Waals surface area contributed by atoms with Crippen molar-refractivity contribution in [2.45, 2.75) is 47.0 Å². The molecule has 0 N–H and O–H groups in total. The second-order valence-electron chi connectivity index (χ2n) is 6.05. The molecular formula is C22H27NO3S. The van der Waals surface area contributed by atoms with E-state index in [0.717, 1.165) is 23.2 Å². The van der Waals surface area contributed by atoms with Gasteiger partial charge in [0.2, 0.25) is 5.12 Å². The third-order valence-electron chi connectivity index (χ3n) is 4.22. The molecule has 0 aliphatic heterocycles. The molecular weight excluding hydrogens is 358 g/mol. The molecule has 0 spiro atoms. The summed E-state index contributed by atoms with van der Waals surface area (Å²) in [7, 11) is 0. The molecule has 4 nitrogen and oxygen atoms in total. The van der Waals surface area contributed by atoms with Gasteiger partial charge in [0, 0.05) is 5.56 Å². The maximum Gasteiger partial charge on any atom is 0.340 e. The Kier molecular flexibility index (Phi) is 8.04. The first-order valence-corrected chi connectivity index (χ1v) is 10.5. The number of aryl methyl sites for hydroxylation is 1. The van der Waals surface area contributed by atoms with Gasteiger partial charge in [-0.3, -0.25) is 9.78 Å². The molecule has 0 atom stereocenters. The van der Waals surface area contributed by atoms with Crippen molar-refractivity contribution in [3.8, 4) is 11.3 Å². The first-order valence-electron chi connectivity index (χ1n) is 9.54. The van der Waals surface area contributed by atoms with Crippen LogP contribution in [0.15, 0.2) is 30.3 Å². The lowest BCUT2D eigenvalue weighted by atomic mass is 9.92. The molecule has 0 radical (unpaired) electrons. The highest BCUT2D eigenvalue weighted by Gasteiger charge is 2.28. The van der Waals surface area contributed by atoms with Crippen molar-refractivity contribution in [2.24, 2.45) is 0 Å². The fraction of sp³-hybridized carbons (Fsp3) is 0.409. The van der Waals surface area contributed by atoms with E-state index in [2.05, 4.69) is 0 Å². The van der Waals surface area contributed by atoms with E-state index < -0.39 is 5.97 Å². The van der Waals surface area contributed by atoms with E-state index in [9.17, 15) is 9.59 Å². The number of esters is 1. The van der Waals surface area contributed by atoms with E-state index in [1.807, 2.05) is 51.1 Å². The van der Waals surface area contributed by atoms with E-state index in [1.54, 1.807) is 6.92 Å². The number of nitrogens with zero attached hydrogens (tertiary/aromatic N) is 1. The zero-order valence-corrected chi connectivity index (χ0v) is 17.3. The zero-order valence-electron chi connectivity index (χ0n) is 16.5. The topological polar surface area (TPSA) is 56.3 Å². The molecule has 2 aromatic rings. The van der Waals surface area contributed by atoms with Crippen molar-refractivity contribution in [3.63, 3.8) is 0 Å². The Labute approximate surface area is 165 Å². The predicted octanol–water partition coefficient (Wildman–Crippen LogP) is 5.33. The summed E-state index contributed by atoms with van der Waals surface area (Å²) in [6.07, 6.45) is 2.09. The Bertz CT molecular complexity index is 803. The van der Waals surface area contributed by atoms with E-state index in [4.69, 9.17) is 9.72 Å². The Morgan fingerprint density at radius 3 is 2.30 bits per heavy atom. The second-order valence-corrected chi connectivity index (χ2v) is 7.28. The monoisotopic (exact) mass is 385 g/mol. The fourth-order valence-corrected chi connectivity index (χ4v) is 3.76. The van der Waals surface area contributed by atoms with Gasteiger partial charge in [0.15, 0.2) is 0 Å². The third kappa shape index (κ3) is 4.78. The van der Waals surface area contributed by atoms with Crippen LogP contribution in [0.25, 0.3) is 11.3 Å². The van der Waals surface area contributed by atoms with Gasteiger partial charge in [0.05, 0.1) is 29.1 Å². The molecule has 0 bridgehead atoms. The van der Waals surface area contributed by atoms with Gasteiger partial charge in [-0.1, -0.05) is 69.3 Å². The van der Waals surface area contributed by atoms with E-state index in [-0.39, 0.29) is 11.7 Å². The van der Waals surface area contributed by atoms with Gasteiger partial charge in [-0.05, 0) is 31.1 Å². The number of ether oxygens (including phenoxy) is 1. The SMILES string of the molecule is CCCc1c(C(=O)SCC)c(CC)nc(-c2ccccc2)c1C(=O)OCC. The lowest BCUT2D eigenvalue weighted by Gasteiger charge is -2.19. The van der Waals surface area contributed by atoms with Crippen LogP contribution in [0.1, 0.15) is 66.1 Å². The quantitative estimate of drug-likeness (QED) is 0.575. The lowest BCUT2D eigenvalue weighted by molar-refractivity contribution is 0.0525. The van der Waals surface area contributed by atoms with E-state index in [1.165, 1.54) is 11.8 Å². The number of pyridine rings is 1. The van der Waals surface area contributed by atoms with E-state index in [0.29, 0.717) is 35.4 Å². The van der Waals surface area contributed by atoms with Crippen molar-refractivity contribution in [1.29, 1.82) is 0 Å². The van der Waals surface area contributed by atoms with Crippen molar-refractivity contribution in [1.82, 2.24) is 4.98 Å². The number of rotatable bonds is 8. The van der Waals surface area contributed by atoms with E-state index >= 15 is 0 Å². The summed E-state index contributed by atoms with van der Waals surface area (Å²) in [5.41, 5.74) is 4.00. The summed E-state index contributed by atoms with van der Waals surface area (Å²) in [6, 6.07) is 9.63. The lowest BCUT2D eigenvalue weighted by Crippen LogP contribution is -2.18. The van der Waals surface area contributed by atoms with Gasteiger partial charge in [-0.15, -0.1) is 0 Å². The van der Waals surface area contributed by atoms with Crippen LogP contribution in [0.3, 0.4) is 0 Å². The van der Waals surface area contributed by atoms with Gasteiger partial charge in [-0.2, -0.15) is 0 Å². The van der Waals surface area contributed by atoms with Gasteiger partial charge in [0.1, 0.15) is 0 Å². The van der Waals surface area contributed by atoms with Crippen LogP contribution in [-0.4, -0.2) is 28.4 Å². The molecule has 144 valence electrons. The standard InChI is InChI=1S/C22H27NO3S/c1-5-12-16-18(22(25)27-8-4)17(6-2)23-20(15-13-10-9-11-14-15)19(16)21(24)26-7-3/h9-11,13-14H,5-8,12H2,1-4H3. The summed E-state index contributed by atoms with van der Waals surface area (Å²) in [5.74, 6) is 0.272. The highest BCUT2D eigenvalue weighted by molar-refractivity contribution is 8.14. The smallest absolute Gasteiger partial charge is 0.340 e. The molecule has 0 aliphatic rings. The molecule has 1 aromatic carbocycles. The maximum atomic E-state index is 12.9. The highest BCUT2D eigenvalue weighted by Crippen LogP contribution is 2.32. The number of hydrogen-bond donors (Lipinski definition) is 0. The molecule has 0 amide bonds. The summed E-state index contributed by atoms with van der Waals surface area (Å²) >= 11 is 1.26. The van der Waals surface area contributed by atoms with Crippen LogP contribution in [-0.2, 0) is 17.6 Å². The van der Waals surface area contributed by atoms with Crippen molar-refractivity contribution in [2.75, 3.05) is 12.4 Å². The molecule has 0 saturated heterocycles. The predicted molar refractivity (Wildman–Crippen MR) is 111 cm³/mol. The third-order valence-corrected chi connectivity index (χ3v) is 4.97. The molecule has 0 saturated carbocycles. The summed E-state index contributed by atoms with van der Waals surface area (Å²) in [6.45, 7) is 8.05. The van der Waals surface area contributed by atoms with Crippen LogP contribution in [0.2, 0.25) is 0 Å². The van der Waals surface area contributed by atoms with Gasteiger partial charge in [0.25, 0.3) is 0 Å². The number of thioether (sulfide) groups is 1. The van der Waals surface area contributed by atoms with Crippen LogP contribution < -0.4 is 0 Å². The summed E-state index contributed by atoms with van der Waals surface area (Å²) in [4.78, 5) is 30.5. The Morgan fingerprint density at radius 1 is 1.04 bits per heavy atom. The Morgan fingerprint density at radius 2 is 1.74 bits per heavy atom. The minimum Gasteiger partial charge on any atom is -0.462 e. The minimum absolute atomic E-state index is 0.0181. The number of carbonyl (C=O) groups is 2. The average molecular weight is 386 g/mol. The summed E-state index contributed by atoms with van der Waals surface area (Å²) in [5, 5.41) is -0.0181. The highest BCUT2D eigenvalue weighted by atomic mass is 32.2. The second kappa shape index (κ2) is 10.3. The first-order chi connectivity index (χ1) is 13.1. The molecule has 0 aliphatic carbocycles. The number of benzene rings is 1. The molecule has 0 unspecified atom stereocenters. The largest absolute Gasteiger partial charge is 0.462 e. The van der Waals surface area contributed by atoms with Crippen molar-refractivity contribution in [3.05, 3.63) is 52.7 Å². The number of aromatic nitrogens is 1. The minimum atomic E-state index is -0.412. The van der Waals surface area contributed by atoms with Crippen molar-refractivity contribution < 1.29 is 14.3 Å². The number of hydrogen-bond acceptors (Lipinski definition) is 5. The molecule has 1 aromatic heterocycles. The van der Waals surface area contributed by atoms with Crippen LogP contribution in [0.4, 0.5) is 0 Å². The van der Waals surface area contributed by atoms with Gasteiger partial charge >= 0.3 is 5.97 Å². The molecule has 1 heterocycles. The summed E-state index contributed by atoms with van der Waals surface area (Å²) < 4.78 is 5.35. The molecule has 2 rings (SSSR count). The van der Waals surface area contributed by atoms with Crippen molar-refractivity contribution >= 4 is 22.8 Å². The Hall–Kier alpha value is -2.14. The van der Waals surface area contributed by atoms with Crippen LogP contribution in [0, 0.1) is 0 Å². The van der Waals surface area contributed by atoms with Crippen LogP contribution in [0.5, 0.6) is 0 Å². The number of carbonyl (C=O) groups excluding carboxylic acids is 2. The normalized spacial score (nSPS) is 10.7. The van der Waals surface area contributed by atoms with Gasteiger partial charge in [-0.25, -0.2) is 4.79 Å². The Balaban J connectivity index is 2.86. The van der Waals surface area contributed by atoms with Gasteiger partial charge < -0.3 is 4.74 Å². The zero-order chi connectivity index (χ0) is 19.8.